The Morgan fingerprint density at radius 3 is 1.76 bits per heavy atom. The Morgan fingerprint density at radius 1 is 0.810 bits per heavy atom. The van der Waals surface area contributed by atoms with Crippen LogP contribution in [0.15, 0.2) is 22.7 Å². The average Bonchev–Trinajstić information content (AvgIpc) is 2.46. The molecular weight excluding hydrogens is 324 g/mol. The highest BCUT2D eigenvalue weighted by atomic mass is 79.9. The fraction of sp³-hybridized carbons (Fsp3) is 0.316. The van der Waals surface area contributed by atoms with Crippen molar-refractivity contribution in [3.8, 4) is 0 Å². The Balaban J connectivity index is 2.66. The van der Waals surface area contributed by atoms with E-state index in [2.05, 4.69) is 36.7 Å². The molecule has 0 atom stereocenters. The summed E-state index contributed by atoms with van der Waals surface area (Å²) in [6.07, 6.45) is 0. The molecule has 21 heavy (non-hydrogen) atoms. The lowest BCUT2D eigenvalue weighted by Gasteiger charge is -2.18. The van der Waals surface area contributed by atoms with Crippen LogP contribution in [0.1, 0.15) is 49.3 Å². The fourth-order valence-corrected chi connectivity index (χ4v) is 3.10. The van der Waals surface area contributed by atoms with E-state index in [0.29, 0.717) is 0 Å². The van der Waals surface area contributed by atoms with Crippen molar-refractivity contribution in [2.24, 2.45) is 0 Å². The standard InChI is InChI=1S/C19H21BrO/c1-10-7-8-16(9-17(10)20)19(21)18-14(5)12(3)11(2)13(4)15(18)6/h7-9H,1-6H3. The van der Waals surface area contributed by atoms with Crippen molar-refractivity contribution in [1.29, 1.82) is 0 Å². The van der Waals surface area contributed by atoms with Gasteiger partial charge >= 0.3 is 0 Å². The quantitative estimate of drug-likeness (QED) is 0.654. The number of halogens is 1. The van der Waals surface area contributed by atoms with E-state index < -0.39 is 0 Å². The Labute approximate surface area is 135 Å². The molecule has 2 aromatic carbocycles. The number of hydrogen-bond acceptors (Lipinski definition) is 1. The molecule has 0 heterocycles. The van der Waals surface area contributed by atoms with Crippen molar-refractivity contribution in [2.75, 3.05) is 0 Å². The maximum atomic E-state index is 12.9. The van der Waals surface area contributed by atoms with Gasteiger partial charge in [0, 0.05) is 15.6 Å². The van der Waals surface area contributed by atoms with Crippen molar-refractivity contribution in [3.63, 3.8) is 0 Å². The van der Waals surface area contributed by atoms with Crippen LogP contribution in [0.2, 0.25) is 0 Å². The van der Waals surface area contributed by atoms with Gasteiger partial charge in [-0.3, -0.25) is 4.79 Å². The van der Waals surface area contributed by atoms with Gasteiger partial charge in [0.1, 0.15) is 0 Å². The molecule has 0 fully saturated rings. The lowest BCUT2D eigenvalue weighted by atomic mass is 9.86. The minimum absolute atomic E-state index is 0.108. The van der Waals surface area contributed by atoms with E-state index in [-0.39, 0.29) is 5.78 Å². The molecule has 0 N–H and O–H groups in total. The van der Waals surface area contributed by atoms with Gasteiger partial charge in [-0.1, -0.05) is 28.1 Å². The van der Waals surface area contributed by atoms with E-state index in [1.165, 1.54) is 16.7 Å². The second-order valence-corrected chi connectivity index (χ2v) is 6.65. The van der Waals surface area contributed by atoms with Crippen molar-refractivity contribution in [1.82, 2.24) is 0 Å². The number of carbonyl (C=O) groups excluding carboxylic acids is 1. The summed E-state index contributed by atoms with van der Waals surface area (Å²) in [5.74, 6) is 0.108. The molecule has 0 saturated heterocycles. The summed E-state index contributed by atoms with van der Waals surface area (Å²) in [6.45, 7) is 12.4. The molecule has 0 radical (unpaired) electrons. The third kappa shape index (κ3) is 2.69. The van der Waals surface area contributed by atoms with Crippen LogP contribution in [-0.4, -0.2) is 5.78 Å². The molecule has 0 aliphatic carbocycles. The van der Waals surface area contributed by atoms with Crippen LogP contribution < -0.4 is 0 Å². The van der Waals surface area contributed by atoms with Gasteiger partial charge in [0.2, 0.25) is 0 Å². The molecule has 1 nitrogen and oxygen atoms in total. The zero-order valence-corrected chi connectivity index (χ0v) is 15.1. The largest absolute Gasteiger partial charge is 0.289 e. The number of aryl methyl sites for hydroxylation is 1. The molecule has 0 unspecified atom stereocenters. The predicted octanol–water partition coefficient (Wildman–Crippen LogP) is 5.53. The van der Waals surface area contributed by atoms with Crippen LogP contribution in [0.4, 0.5) is 0 Å². The molecule has 2 rings (SSSR count). The van der Waals surface area contributed by atoms with Crippen molar-refractivity contribution in [3.05, 3.63) is 67.2 Å². The van der Waals surface area contributed by atoms with Crippen LogP contribution >= 0.6 is 15.9 Å². The lowest BCUT2D eigenvalue weighted by Crippen LogP contribution is -2.10. The summed E-state index contributed by atoms with van der Waals surface area (Å²) in [4.78, 5) is 12.9. The number of benzene rings is 2. The third-order valence-corrected chi connectivity index (χ3v) is 5.52. The first kappa shape index (κ1) is 16.0. The molecule has 0 aliphatic heterocycles. The summed E-state index contributed by atoms with van der Waals surface area (Å²) in [7, 11) is 0. The number of ketones is 1. The second-order valence-electron chi connectivity index (χ2n) is 5.79. The highest BCUT2D eigenvalue weighted by Gasteiger charge is 2.19. The van der Waals surface area contributed by atoms with Gasteiger partial charge in [0.25, 0.3) is 0 Å². The van der Waals surface area contributed by atoms with Crippen LogP contribution in [0.25, 0.3) is 0 Å². The molecule has 0 spiro atoms. The molecule has 2 heteroatoms. The number of hydrogen-bond donors (Lipinski definition) is 0. The number of rotatable bonds is 2. The minimum Gasteiger partial charge on any atom is -0.289 e. The zero-order valence-electron chi connectivity index (χ0n) is 13.5. The normalized spacial score (nSPS) is 10.8. The van der Waals surface area contributed by atoms with Gasteiger partial charge < -0.3 is 0 Å². The average molecular weight is 345 g/mol. The topological polar surface area (TPSA) is 17.1 Å². The first-order valence-electron chi connectivity index (χ1n) is 7.13. The maximum Gasteiger partial charge on any atom is 0.193 e. The highest BCUT2D eigenvalue weighted by Crippen LogP contribution is 2.29. The summed E-state index contributed by atoms with van der Waals surface area (Å²) in [5.41, 5.74) is 8.63. The van der Waals surface area contributed by atoms with E-state index in [1.807, 2.05) is 39.0 Å². The predicted molar refractivity (Wildman–Crippen MR) is 92.4 cm³/mol. The zero-order chi connectivity index (χ0) is 15.9. The second kappa shape index (κ2) is 5.76. The van der Waals surface area contributed by atoms with Crippen LogP contribution in [0.3, 0.4) is 0 Å². The highest BCUT2D eigenvalue weighted by molar-refractivity contribution is 9.10. The van der Waals surface area contributed by atoms with Gasteiger partial charge in [-0.05, 0) is 81.0 Å². The van der Waals surface area contributed by atoms with Crippen LogP contribution in [0, 0.1) is 41.5 Å². The molecule has 0 aliphatic rings. The Hall–Kier alpha value is -1.41. The summed E-state index contributed by atoms with van der Waals surface area (Å²) < 4.78 is 0.976. The van der Waals surface area contributed by atoms with Crippen LogP contribution in [-0.2, 0) is 0 Å². The molecular formula is C19H21BrO. The summed E-state index contributed by atoms with van der Waals surface area (Å²) >= 11 is 3.51. The molecule has 0 amide bonds. The van der Waals surface area contributed by atoms with Crippen molar-refractivity contribution < 1.29 is 4.79 Å². The van der Waals surface area contributed by atoms with Gasteiger partial charge in [-0.15, -0.1) is 0 Å². The SMILES string of the molecule is Cc1ccc(C(=O)c2c(C)c(C)c(C)c(C)c2C)cc1Br. The Morgan fingerprint density at radius 2 is 1.29 bits per heavy atom. The molecule has 110 valence electrons. The molecule has 0 saturated carbocycles. The first-order chi connectivity index (χ1) is 9.75. The summed E-state index contributed by atoms with van der Waals surface area (Å²) in [6, 6.07) is 5.81. The van der Waals surface area contributed by atoms with Gasteiger partial charge in [-0.2, -0.15) is 0 Å². The third-order valence-electron chi connectivity index (χ3n) is 4.66. The Bertz CT molecular complexity index is 713. The molecule has 2 aromatic rings. The van der Waals surface area contributed by atoms with Crippen molar-refractivity contribution >= 4 is 21.7 Å². The first-order valence-corrected chi connectivity index (χ1v) is 7.92. The lowest BCUT2D eigenvalue weighted by molar-refractivity contribution is 0.103. The molecule has 0 aromatic heterocycles. The van der Waals surface area contributed by atoms with Gasteiger partial charge in [0.05, 0.1) is 0 Å². The smallest absolute Gasteiger partial charge is 0.193 e. The Kier molecular flexibility index (Phi) is 4.38. The van der Waals surface area contributed by atoms with E-state index >= 15 is 0 Å². The number of carbonyl (C=O) groups is 1. The maximum absolute atomic E-state index is 12.9. The van der Waals surface area contributed by atoms with Crippen LogP contribution in [0.5, 0.6) is 0 Å². The minimum atomic E-state index is 0.108. The van der Waals surface area contributed by atoms with E-state index in [4.69, 9.17) is 0 Å². The van der Waals surface area contributed by atoms with Gasteiger partial charge in [0.15, 0.2) is 5.78 Å². The monoisotopic (exact) mass is 344 g/mol. The van der Waals surface area contributed by atoms with Crippen molar-refractivity contribution in [2.45, 2.75) is 41.5 Å². The van der Waals surface area contributed by atoms with E-state index in [9.17, 15) is 4.79 Å². The molecule has 0 bridgehead atoms. The van der Waals surface area contributed by atoms with E-state index in [0.717, 1.165) is 32.3 Å². The van der Waals surface area contributed by atoms with E-state index in [1.54, 1.807) is 0 Å². The van der Waals surface area contributed by atoms with Gasteiger partial charge in [-0.25, -0.2) is 0 Å². The fourth-order valence-electron chi connectivity index (χ4n) is 2.72. The summed E-state index contributed by atoms with van der Waals surface area (Å²) in [5, 5.41) is 0.